The molecule has 0 unspecified atom stereocenters. The molecular weight excluding hydrogens is 470 g/mol. The summed E-state index contributed by atoms with van der Waals surface area (Å²) in [4.78, 5) is 25.6. The smallest absolute Gasteiger partial charge is 0.337 e. The minimum absolute atomic E-state index is 0.135. The number of thioether (sulfide) groups is 1. The normalized spacial score (nSPS) is 21.1. The van der Waals surface area contributed by atoms with E-state index >= 15 is 0 Å². The molecule has 7 nitrogen and oxygen atoms in total. The third kappa shape index (κ3) is 4.67. The van der Waals surface area contributed by atoms with E-state index < -0.39 is 0 Å². The van der Waals surface area contributed by atoms with Crippen LogP contribution in [0, 0.1) is 5.92 Å². The highest BCUT2D eigenvalue weighted by Gasteiger charge is 2.42. The Labute approximate surface area is 187 Å². The highest BCUT2D eigenvalue weighted by Crippen LogP contribution is 2.48. The van der Waals surface area contributed by atoms with E-state index in [1.54, 1.807) is 34.8 Å². The van der Waals surface area contributed by atoms with Crippen LogP contribution >= 0.6 is 27.7 Å². The molecule has 2 atom stereocenters. The van der Waals surface area contributed by atoms with Gasteiger partial charge in [-0.05, 0) is 54.8 Å². The summed E-state index contributed by atoms with van der Waals surface area (Å²) in [7, 11) is 0. The maximum Gasteiger partial charge on any atom is 0.337 e. The number of furan rings is 1. The first-order valence-electron chi connectivity index (χ1n) is 10.1. The summed E-state index contributed by atoms with van der Waals surface area (Å²) in [5.41, 5.74) is 0.611. The number of hydrogen-bond acceptors (Lipinski definition) is 6. The number of ether oxygens (including phenoxy) is 1. The van der Waals surface area contributed by atoms with Crippen LogP contribution in [-0.2, 0) is 16.1 Å². The van der Waals surface area contributed by atoms with Crippen molar-refractivity contribution in [3.8, 4) is 0 Å². The number of rotatable bonds is 6. The van der Waals surface area contributed by atoms with Gasteiger partial charge in [0.15, 0.2) is 5.76 Å². The number of carbonyl (C=O) groups is 2. The summed E-state index contributed by atoms with van der Waals surface area (Å²) in [6, 6.07) is 3.40. The molecule has 160 valence electrons. The molecule has 1 saturated carbocycles. The quantitative estimate of drug-likeness (QED) is 0.596. The van der Waals surface area contributed by atoms with E-state index in [2.05, 4.69) is 26.3 Å². The molecule has 2 aromatic rings. The second-order valence-electron chi connectivity index (χ2n) is 7.82. The molecule has 2 aliphatic rings. The molecule has 9 heteroatoms. The van der Waals surface area contributed by atoms with Gasteiger partial charge in [-0.3, -0.25) is 9.48 Å². The third-order valence-electron chi connectivity index (χ3n) is 5.18. The lowest BCUT2D eigenvalue weighted by Crippen LogP contribution is -2.27. The van der Waals surface area contributed by atoms with E-state index in [0.717, 1.165) is 30.2 Å². The zero-order chi connectivity index (χ0) is 21.3. The van der Waals surface area contributed by atoms with Gasteiger partial charge in [-0.1, -0.05) is 12.8 Å². The van der Waals surface area contributed by atoms with Crippen LogP contribution in [0.25, 0.3) is 0 Å². The lowest BCUT2D eigenvalue weighted by Gasteiger charge is -2.25. The Bertz CT molecular complexity index is 981. The predicted molar refractivity (Wildman–Crippen MR) is 117 cm³/mol. The number of esters is 1. The van der Waals surface area contributed by atoms with Gasteiger partial charge in [0.25, 0.3) is 5.91 Å². The van der Waals surface area contributed by atoms with E-state index in [-0.39, 0.29) is 29.7 Å². The molecule has 0 saturated heterocycles. The monoisotopic (exact) mass is 493 g/mol. The highest BCUT2D eigenvalue weighted by atomic mass is 79.9. The van der Waals surface area contributed by atoms with E-state index in [0.29, 0.717) is 28.2 Å². The molecule has 1 aliphatic heterocycles. The highest BCUT2D eigenvalue weighted by molar-refractivity contribution is 9.10. The summed E-state index contributed by atoms with van der Waals surface area (Å²) in [6.07, 6.45) is 7.54. The minimum Gasteiger partial charge on any atom is -0.460 e. The SMILES string of the molecule is CC(C)OC(=O)C1=C(NC(=O)c2ccc(Cn3cc(Br)cn3)o2)S[C@H]2CCCC[C@@H]12. The van der Waals surface area contributed by atoms with Crippen LogP contribution in [0.2, 0.25) is 0 Å². The van der Waals surface area contributed by atoms with Crippen LogP contribution in [0.5, 0.6) is 0 Å². The van der Waals surface area contributed by atoms with E-state index in [4.69, 9.17) is 9.15 Å². The van der Waals surface area contributed by atoms with Crippen molar-refractivity contribution in [3.05, 3.63) is 51.1 Å². The van der Waals surface area contributed by atoms with Crippen molar-refractivity contribution >= 4 is 39.6 Å². The van der Waals surface area contributed by atoms with Crippen molar-refractivity contribution in [2.45, 2.75) is 57.4 Å². The Morgan fingerprint density at radius 2 is 2.17 bits per heavy atom. The molecule has 0 bridgehead atoms. The van der Waals surface area contributed by atoms with Gasteiger partial charge in [-0.2, -0.15) is 5.10 Å². The van der Waals surface area contributed by atoms with Crippen molar-refractivity contribution in [1.82, 2.24) is 15.1 Å². The van der Waals surface area contributed by atoms with Gasteiger partial charge in [0.1, 0.15) is 5.76 Å². The number of halogens is 1. The van der Waals surface area contributed by atoms with Crippen LogP contribution in [-0.4, -0.2) is 33.0 Å². The van der Waals surface area contributed by atoms with Gasteiger partial charge in [0.05, 0.1) is 33.9 Å². The molecule has 1 fully saturated rings. The Balaban J connectivity index is 1.50. The standard InChI is InChI=1S/C21H24BrN3O4S/c1-12(2)28-21(27)18-15-5-3-4-6-17(15)30-20(18)24-19(26)16-8-7-14(29-16)11-25-10-13(22)9-23-25/h7-10,12,15,17H,3-6,11H2,1-2H3,(H,24,26)/t15-,17+/m1/s1. The zero-order valence-corrected chi connectivity index (χ0v) is 19.3. The summed E-state index contributed by atoms with van der Waals surface area (Å²) < 4.78 is 13.8. The number of aromatic nitrogens is 2. The van der Waals surface area contributed by atoms with Crippen LogP contribution in [0.3, 0.4) is 0 Å². The van der Waals surface area contributed by atoms with Gasteiger partial charge in [0.2, 0.25) is 0 Å². The number of hydrogen-bond donors (Lipinski definition) is 1. The Morgan fingerprint density at radius 1 is 1.37 bits per heavy atom. The molecule has 30 heavy (non-hydrogen) atoms. The molecule has 0 aromatic carbocycles. The largest absolute Gasteiger partial charge is 0.460 e. The molecule has 2 aromatic heterocycles. The Kier molecular flexibility index (Phi) is 6.38. The number of carbonyl (C=O) groups excluding carboxylic acids is 2. The summed E-state index contributed by atoms with van der Waals surface area (Å²) in [5, 5.41) is 8.03. The van der Waals surface area contributed by atoms with Crippen LogP contribution in [0.1, 0.15) is 55.8 Å². The van der Waals surface area contributed by atoms with E-state index in [1.165, 1.54) is 0 Å². The van der Waals surface area contributed by atoms with Crippen molar-refractivity contribution in [3.63, 3.8) is 0 Å². The zero-order valence-electron chi connectivity index (χ0n) is 16.9. The van der Waals surface area contributed by atoms with Crippen molar-refractivity contribution in [1.29, 1.82) is 0 Å². The average molecular weight is 494 g/mol. The van der Waals surface area contributed by atoms with Gasteiger partial charge in [-0.15, -0.1) is 11.8 Å². The molecular formula is C21H24BrN3O4S. The average Bonchev–Trinajstić information content (AvgIpc) is 3.39. The Morgan fingerprint density at radius 3 is 2.90 bits per heavy atom. The molecule has 0 radical (unpaired) electrons. The fourth-order valence-corrected chi connectivity index (χ4v) is 5.77. The first-order valence-corrected chi connectivity index (χ1v) is 11.8. The van der Waals surface area contributed by atoms with E-state index in [1.807, 2.05) is 20.0 Å². The second kappa shape index (κ2) is 9.01. The molecule has 3 heterocycles. The van der Waals surface area contributed by atoms with Gasteiger partial charge < -0.3 is 14.5 Å². The number of nitrogens with one attached hydrogen (secondary N) is 1. The fraction of sp³-hybridized carbons (Fsp3) is 0.476. The minimum atomic E-state index is -0.362. The van der Waals surface area contributed by atoms with Crippen LogP contribution < -0.4 is 5.32 Å². The number of amides is 1. The third-order valence-corrected chi connectivity index (χ3v) is 7.02. The van der Waals surface area contributed by atoms with Crippen molar-refractivity contribution < 1.29 is 18.7 Å². The van der Waals surface area contributed by atoms with Gasteiger partial charge >= 0.3 is 5.97 Å². The molecule has 1 amide bonds. The molecule has 4 rings (SSSR count). The fourth-order valence-electron chi connectivity index (χ4n) is 3.90. The summed E-state index contributed by atoms with van der Waals surface area (Å²) in [6.45, 7) is 4.09. The number of fused-ring (bicyclic) bond motifs is 1. The first kappa shape index (κ1) is 21.2. The molecule has 0 spiro atoms. The maximum atomic E-state index is 12.8. The first-order chi connectivity index (χ1) is 14.4. The summed E-state index contributed by atoms with van der Waals surface area (Å²) in [5.74, 6) is 0.272. The number of nitrogens with zero attached hydrogens (tertiary/aromatic N) is 2. The summed E-state index contributed by atoms with van der Waals surface area (Å²) >= 11 is 4.94. The van der Waals surface area contributed by atoms with Crippen molar-refractivity contribution in [2.75, 3.05) is 0 Å². The lowest BCUT2D eigenvalue weighted by atomic mass is 9.84. The van der Waals surface area contributed by atoms with Crippen molar-refractivity contribution in [2.24, 2.45) is 5.92 Å². The van der Waals surface area contributed by atoms with Gasteiger partial charge in [0, 0.05) is 17.4 Å². The van der Waals surface area contributed by atoms with E-state index in [9.17, 15) is 9.59 Å². The van der Waals surface area contributed by atoms with Gasteiger partial charge in [-0.25, -0.2) is 4.79 Å². The second-order valence-corrected chi connectivity index (χ2v) is 9.99. The van der Waals surface area contributed by atoms with Crippen LogP contribution in [0.15, 0.2) is 44.0 Å². The molecule has 1 N–H and O–H groups in total. The molecule has 1 aliphatic carbocycles. The lowest BCUT2D eigenvalue weighted by molar-refractivity contribution is -0.143. The predicted octanol–water partition coefficient (Wildman–Crippen LogP) is 4.49. The maximum absolute atomic E-state index is 12.8. The Hall–Kier alpha value is -2.00. The topological polar surface area (TPSA) is 86.4 Å². The van der Waals surface area contributed by atoms with Crippen LogP contribution in [0.4, 0.5) is 0 Å².